The van der Waals surface area contributed by atoms with Gasteiger partial charge in [0.25, 0.3) is 5.91 Å². The second kappa shape index (κ2) is 6.86. The van der Waals surface area contributed by atoms with Gasteiger partial charge in [-0.25, -0.2) is 9.37 Å². The van der Waals surface area contributed by atoms with Crippen LogP contribution < -0.4 is 5.32 Å². The van der Waals surface area contributed by atoms with Crippen LogP contribution in [0.15, 0.2) is 47.0 Å². The molecule has 2 aliphatic rings. The minimum absolute atomic E-state index is 0.234. The zero-order valence-electron chi connectivity index (χ0n) is 15.3. The fourth-order valence-electron chi connectivity index (χ4n) is 3.74. The van der Waals surface area contributed by atoms with Gasteiger partial charge in [0.1, 0.15) is 17.3 Å². The number of hydrogen-bond acceptors (Lipinski definition) is 4. The molecule has 1 N–H and O–H groups in total. The lowest BCUT2D eigenvalue weighted by Crippen LogP contribution is -2.31. The van der Waals surface area contributed by atoms with Gasteiger partial charge in [0.05, 0.1) is 6.04 Å². The third kappa shape index (κ3) is 3.30. The van der Waals surface area contributed by atoms with Crippen molar-refractivity contribution in [2.24, 2.45) is 0 Å². The summed E-state index contributed by atoms with van der Waals surface area (Å²) < 4.78 is 19.5. The van der Waals surface area contributed by atoms with E-state index >= 15 is 0 Å². The first-order chi connectivity index (χ1) is 13.7. The first-order valence-electron chi connectivity index (χ1n) is 9.70. The Morgan fingerprint density at radius 1 is 1.18 bits per heavy atom. The van der Waals surface area contributed by atoms with Crippen molar-refractivity contribution in [2.75, 3.05) is 0 Å². The number of hydrogen-bond donors (Lipinski definition) is 1. The number of nitrogens with one attached hydrogen (secondary N) is 1. The summed E-state index contributed by atoms with van der Waals surface area (Å²) in [4.78, 5) is 21.7. The van der Waals surface area contributed by atoms with Crippen LogP contribution in [0.2, 0.25) is 0 Å². The van der Waals surface area contributed by atoms with Crippen molar-refractivity contribution < 1.29 is 13.6 Å². The largest absolute Gasteiger partial charge is 0.441 e. The molecule has 142 valence electrons. The van der Waals surface area contributed by atoms with Gasteiger partial charge in [0.15, 0.2) is 0 Å². The molecule has 1 aromatic carbocycles. The fraction of sp³-hybridized carbons (Fsp3) is 0.318. The van der Waals surface area contributed by atoms with E-state index in [1.807, 2.05) is 6.07 Å². The number of fused-ring (bicyclic) bond motifs is 1. The van der Waals surface area contributed by atoms with Crippen molar-refractivity contribution in [1.82, 2.24) is 15.3 Å². The highest BCUT2D eigenvalue weighted by Gasteiger charge is 2.29. The van der Waals surface area contributed by atoms with Crippen LogP contribution in [0, 0.1) is 5.82 Å². The lowest BCUT2D eigenvalue weighted by molar-refractivity contribution is 0.0931. The molecule has 1 amide bonds. The topological polar surface area (TPSA) is 68.0 Å². The normalized spacial score (nSPS) is 18.5. The van der Waals surface area contributed by atoms with Crippen molar-refractivity contribution in [2.45, 2.75) is 44.1 Å². The molecule has 1 atom stereocenters. The smallest absolute Gasteiger partial charge is 0.251 e. The van der Waals surface area contributed by atoms with Gasteiger partial charge < -0.3 is 9.73 Å². The van der Waals surface area contributed by atoms with Gasteiger partial charge in [-0.2, -0.15) is 0 Å². The lowest BCUT2D eigenvalue weighted by atomic mass is 9.96. The third-order valence-electron chi connectivity index (χ3n) is 5.37. The summed E-state index contributed by atoms with van der Waals surface area (Å²) in [6.07, 6.45) is 6.66. The van der Waals surface area contributed by atoms with E-state index in [2.05, 4.69) is 16.4 Å². The number of aromatic nitrogens is 2. The van der Waals surface area contributed by atoms with Gasteiger partial charge >= 0.3 is 0 Å². The Labute approximate surface area is 162 Å². The molecule has 0 bridgehead atoms. The molecule has 6 heteroatoms. The summed E-state index contributed by atoms with van der Waals surface area (Å²) in [6.45, 7) is 0. The molecule has 0 unspecified atom stereocenters. The van der Waals surface area contributed by atoms with Crippen LogP contribution in [-0.4, -0.2) is 15.9 Å². The van der Waals surface area contributed by atoms with E-state index in [-0.39, 0.29) is 11.9 Å². The van der Waals surface area contributed by atoms with Crippen LogP contribution in [-0.2, 0) is 6.42 Å². The molecular weight excluding hydrogens is 357 g/mol. The van der Waals surface area contributed by atoms with E-state index in [1.54, 1.807) is 12.3 Å². The molecule has 5 rings (SSSR count). The maximum atomic E-state index is 13.4. The van der Waals surface area contributed by atoms with Crippen molar-refractivity contribution >= 4 is 5.91 Å². The summed E-state index contributed by atoms with van der Waals surface area (Å²) in [5.74, 6) is 1.21. The summed E-state index contributed by atoms with van der Waals surface area (Å²) in [5, 5.41) is 2.98. The molecule has 2 aromatic heterocycles. The maximum Gasteiger partial charge on any atom is 0.251 e. The fourth-order valence-corrected chi connectivity index (χ4v) is 3.74. The van der Waals surface area contributed by atoms with E-state index in [4.69, 9.17) is 9.40 Å². The molecule has 3 aromatic rings. The standard InChI is InChI=1S/C22H20FN3O2/c23-16-4-1-3-14(11-16)21(27)25-17-5-2-6-19-20(17)26-22(28-19)15-9-10-24-18(12-15)13-7-8-13/h1,3-4,9-13,17H,2,5-8H2,(H,25,27)/t17-/m1/s1. The molecule has 0 radical (unpaired) electrons. The second-order valence-electron chi connectivity index (χ2n) is 7.50. The van der Waals surface area contributed by atoms with Gasteiger partial charge in [0.2, 0.25) is 5.89 Å². The highest BCUT2D eigenvalue weighted by atomic mass is 19.1. The molecule has 0 aliphatic heterocycles. The predicted octanol–water partition coefficient (Wildman–Crippen LogP) is 4.56. The predicted molar refractivity (Wildman–Crippen MR) is 101 cm³/mol. The number of rotatable bonds is 4. The van der Waals surface area contributed by atoms with Crippen LogP contribution in [0.3, 0.4) is 0 Å². The summed E-state index contributed by atoms with van der Waals surface area (Å²) >= 11 is 0. The van der Waals surface area contributed by atoms with Crippen molar-refractivity contribution in [3.8, 4) is 11.5 Å². The number of nitrogens with zero attached hydrogens (tertiary/aromatic N) is 2. The van der Waals surface area contributed by atoms with Crippen LogP contribution in [0.4, 0.5) is 4.39 Å². The average Bonchev–Trinajstić information content (AvgIpc) is 3.47. The minimum Gasteiger partial charge on any atom is -0.441 e. The number of carbonyl (C=O) groups excluding carboxylic acids is 1. The Kier molecular flexibility index (Phi) is 4.19. The van der Waals surface area contributed by atoms with E-state index in [0.717, 1.165) is 42.0 Å². The number of amides is 1. The van der Waals surface area contributed by atoms with E-state index in [0.29, 0.717) is 17.4 Å². The highest BCUT2D eigenvalue weighted by molar-refractivity contribution is 5.94. The molecule has 1 fully saturated rings. The molecular formula is C22H20FN3O2. The van der Waals surface area contributed by atoms with E-state index < -0.39 is 5.82 Å². The first kappa shape index (κ1) is 17.1. The summed E-state index contributed by atoms with van der Waals surface area (Å²) in [7, 11) is 0. The quantitative estimate of drug-likeness (QED) is 0.724. The molecule has 5 nitrogen and oxygen atoms in total. The van der Waals surface area contributed by atoms with Crippen LogP contribution in [0.5, 0.6) is 0 Å². The number of halogens is 1. The minimum atomic E-state index is -0.426. The summed E-state index contributed by atoms with van der Waals surface area (Å²) in [5.41, 5.74) is 3.08. The lowest BCUT2D eigenvalue weighted by Gasteiger charge is -2.21. The van der Waals surface area contributed by atoms with Crippen LogP contribution in [0.1, 0.15) is 65.1 Å². The van der Waals surface area contributed by atoms with Crippen LogP contribution in [0.25, 0.3) is 11.5 Å². The zero-order valence-corrected chi connectivity index (χ0v) is 15.3. The van der Waals surface area contributed by atoms with E-state index in [9.17, 15) is 9.18 Å². The monoisotopic (exact) mass is 377 g/mol. The zero-order chi connectivity index (χ0) is 19.1. The van der Waals surface area contributed by atoms with Crippen molar-refractivity contribution in [3.05, 3.63) is 71.1 Å². The van der Waals surface area contributed by atoms with Crippen LogP contribution >= 0.6 is 0 Å². The Morgan fingerprint density at radius 3 is 2.89 bits per heavy atom. The Balaban J connectivity index is 1.41. The van der Waals surface area contributed by atoms with Crippen molar-refractivity contribution in [3.63, 3.8) is 0 Å². The first-order valence-corrected chi connectivity index (χ1v) is 9.70. The Hall–Kier alpha value is -3.02. The van der Waals surface area contributed by atoms with Gasteiger partial charge in [0, 0.05) is 35.4 Å². The molecule has 2 heterocycles. The van der Waals surface area contributed by atoms with Gasteiger partial charge in [-0.05, 0) is 56.0 Å². The number of oxazole rings is 1. The van der Waals surface area contributed by atoms with Gasteiger partial charge in [-0.3, -0.25) is 9.78 Å². The second-order valence-corrected chi connectivity index (χ2v) is 7.50. The van der Waals surface area contributed by atoms with Gasteiger partial charge in [-0.15, -0.1) is 0 Å². The van der Waals surface area contributed by atoms with Crippen molar-refractivity contribution in [1.29, 1.82) is 0 Å². The Morgan fingerprint density at radius 2 is 2.07 bits per heavy atom. The SMILES string of the molecule is O=C(N[C@@H]1CCCc2oc(-c3ccnc(C4CC4)c3)nc21)c1cccc(F)c1. The third-order valence-corrected chi connectivity index (χ3v) is 5.37. The molecule has 0 spiro atoms. The van der Waals surface area contributed by atoms with Gasteiger partial charge in [-0.1, -0.05) is 6.07 Å². The average molecular weight is 377 g/mol. The Bertz CT molecular complexity index is 1040. The number of benzene rings is 1. The number of aryl methyl sites for hydroxylation is 1. The summed E-state index contributed by atoms with van der Waals surface area (Å²) in [6, 6.07) is 9.42. The molecule has 2 aliphatic carbocycles. The maximum absolute atomic E-state index is 13.4. The highest BCUT2D eigenvalue weighted by Crippen LogP contribution is 2.40. The molecule has 1 saturated carbocycles. The molecule has 28 heavy (non-hydrogen) atoms. The van der Waals surface area contributed by atoms with E-state index in [1.165, 1.54) is 31.0 Å². The number of carbonyl (C=O) groups is 1. The number of pyridine rings is 1. The molecule has 0 saturated heterocycles.